The summed E-state index contributed by atoms with van der Waals surface area (Å²) in [7, 11) is 0. The molecule has 1 aromatic heterocycles. The summed E-state index contributed by atoms with van der Waals surface area (Å²) in [5, 5.41) is 10.0. The molecular weight excluding hydrogens is 474 g/mol. The van der Waals surface area contributed by atoms with E-state index in [1.807, 2.05) is 0 Å². The Kier molecular flexibility index (Phi) is 6.72. The van der Waals surface area contributed by atoms with E-state index >= 15 is 0 Å². The number of alkyl halides is 6. The zero-order valence-electron chi connectivity index (χ0n) is 17.4. The Morgan fingerprint density at radius 1 is 1.00 bits per heavy atom. The van der Waals surface area contributed by atoms with Crippen LogP contribution < -0.4 is 4.90 Å². The normalized spacial score (nSPS) is 12.8. The van der Waals surface area contributed by atoms with Gasteiger partial charge in [0.25, 0.3) is 5.60 Å². The summed E-state index contributed by atoms with van der Waals surface area (Å²) in [5.74, 6) is 0.834. The number of aromatic nitrogens is 1. The van der Waals surface area contributed by atoms with E-state index in [2.05, 4.69) is 4.98 Å². The zero-order valence-corrected chi connectivity index (χ0v) is 18.2. The summed E-state index contributed by atoms with van der Waals surface area (Å²) in [6.07, 6.45) is -11.9. The molecule has 0 aliphatic rings. The van der Waals surface area contributed by atoms with E-state index in [0.29, 0.717) is 52.3 Å². The minimum atomic E-state index is -5.94. The average Bonchev–Trinajstić information content (AvgIpc) is 3.10. The number of oxazole rings is 1. The van der Waals surface area contributed by atoms with E-state index < -0.39 is 23.5 Å². The molecule has 0 bridgehead atoms. The first-order chi connectivity index (χ1) is 15.3. The van der Waals surface area contributed by atoms with E-state index in [9.17, 15) is 31.4 Å². The Balaban J connectivity index is 1.88. The molecule has 0 aliphatic heterocycles. The highest BCUT2D eigenvalue weighted by molar-refractivity contribution is 6.30. The van der Waals surface area contributed by atoms with Crippen LogP contribution in [0.5, 0.6) is 0 Å². The van der Waals surface area contributed by atoms with Crippen LogP contribution in [0, 0.1) is 6.92 Å². The van der Waals surface area contributed by atoms with Crippen molar-refractivity contribution in [2.75, 3.05) is 11.4 Å². The fraction of sp³-hybridized carbons (Fsp3) is 0.318. The van der Waals surface area contributed by atoms with Gasteiger partial charge in [0.05, 0.1) is 6.54 Å². The van der Waals surface area contributed by atoms with Crippen LogP contribution in [-0.2, 0) is 12.1 Å². The van der Waals surface area contributed by atoms with Crippen molar-refractivity contribution >= 4 is 17.3 Å². The van der Waals surface area contributed by atoms with Gasteiger partial charge in [0.15, 0.2) is 0 Å². The zero-order chi connectivity index (χ0) is 24.6. The molecule has 11 heteroatoms. The standard InChI is InChI=1S/C22H19ClF6N2O2/c1-3-31(12-18-13(2)33-19(30-18)14-5-4-6-16(23)11-14)17-9-7-15(8-10-17)20(32,21(24,25)26)22(27,28)29/h4-11,32H,3,12H2,1-2H3. The summed E-state index contributed by atoms with van der Waals surface area (Å²) in [5.41, 5.74) is -4.74. The van der Waals surface area contributed by atoms with Gasteiger partial charge in [-0.05, 0) is 44.2 Å². The molecular formula is C22H19ClF6N2O2. The summed E-state index contributed by atoms with van der Waals surface area (Å²) in [6, 6.07) is 10.3. The molecule has 0 radical (unpaired) electrons. The van der Waals surface area contributed by atoms with Gasteiger partial charge < -0.3 is 14.4 Å². The van der Waals surface area contributed by atoms with Gasteiger partial charge in [-0.15, -0.1) is 0 Å². The lowest BCUT2D eigenvalue weighted by Gasteiger charge is -2.33. The van der Waals surface area contributed by atoms with E-state index in [4.69, 9.17) is 16.0 Å². The molecule has 3 aromatic rings. The minimum absolute atomic E-state index is 0.189. The predicted molar refractivity (Wildman–Crippen MR) is 111 cm³/mol. The third kappa shape index (κ3) is 4.81. The largest absolute Gasteiger partial charge is 0.441 e. The Labute approximate surface area is 190 Å². The Morgan fingerprint density at radius 2 is 1.61 bits per heavy atom. The number of nitrogens with zero attached hydrogens (tertiary/aromatic N) is 2. The summed E-state index contributed by atoms with van der Waals surface area (Å²) < 4.78 is 84.3. The molecule has 1 heterocycles. The maximum Gasteiger partial charge on any atom is 0.430 e. The van der Waals surface area contributed by atoms with Crippen molar-refractivity contribution < 1.29 is 35.9 Å². The third-order valence-corrected chi connectivity index (χ3v) is 5.39. The Bertz CT molecular complexity index is 1100. The number of halogens is 7. The quantitative estimate of drug-likeness (QED) is 0.392. The summed E-state index contributed by atoms with van der Waals surface area (Å²) in [4.78, 5) is 6.14. The topological polar surface area (TPSA) is 49.5 Å². The van der Waals surface area contributed by atoms with E-state index in [1.54, 1.807) is 43.0 Å². The first-order valence-corrected chi connectivity index (χ1v) is 10.1. The van der Waals surface area contributed by atoms with Crippen molar-refractivity contribution in [1.29, 1.82) is 0 Å². The molecule has 0 saturated heterocycles. The molecule has 0 amide bonds. The van der Waals surface area contributed by atoms with Crippen molar-refractivity contribution in [3.8, 4) is 11.5 Å². The van der Waals surface area contributed by atoms with Crippen LogP contribution in [-0.4, -0.2) is 29.0 Å². The van der Waals surface area contributed by atoms with Gasteiger partial charge in [0.2, 0.25) is 5.89 Å². The first-order valence-electron chi connectivity index (χ1n) is 9.71. The maximum absolute atomic E-state index is 13.1. The molecule has 33 heavy (non-hydrogen) atoms. The van der Waals surface area contributed by atoms with Crippen LogP contribution in [0.4, 0.5) is 32.0 Å². The lowest BCUT2D eigenvalue weighted by molar-refractivity contribution is -0.376. The van der Waals surface area contributed by atoms with Crippen LogP contribution in [0.25, 0.3) is 11.5 Å². The van der Waals surface area contributed by atoms with Gasteiger partial charge in [0, 0.05) is 28.4 Å². The predicted octanol–water partition coefficient (Wildman–Crippen LogP) is 6.64. The van der Waals surface area contributed by atoms with E-state index in [0.717, 1.165) is 12.1 Å². The Hall–Kier alpha value is -2.72. The number of aryl methyl sites for hydroxylation is 1. The number of hydrogen-bond acceptors (Lipinski definition) is 4. The first kappa shape index (κ1) is 24.9. The van der Waals surface area contributed by atoms with Crippen molar-refractivity contribution in [3.63, 3.8) is 0 Å². The number of anilines is 1. The van der Waals surface area contributed by atoms with Gasteiger partial charge in [0.1, 0.15) is 11.5 Å². The number of aliphatic hydroxyl groups is 1. The van der Waals surface area contributed by atoms with Crippen molar-refractivity contribution in [3.05, 3.63) is 70.6 Å². The van der Waals surface area contributed by atoms with Gasteiger partial charge in [-0.25, -0.2) is 4.98 Å². The van der Waals surface area contributed by atoms with Gasteiger partial charge >= 0.3 is 12.4 Å². The lowest BCUT2D eigenvalue weighted by atomic mass is 9.92. The van der Waals surface area contributed by atoms with Crippen molar-refractivity contribution in [2.24, 2.45) is 0 Å². The molecule has 2 aromatic carbocycles. The third-order valence-electron chi connectivity index (χ3n) is 5.16. The summed E-state index contributed by atoms with van der Waals surface area (Å²) in [6.45, 7) is 4.03. The molecule has 0 saturated carbocycles. The van der Waals surface area contributed by atoms with E-state index in [-0.39, 0.29) is 6.54 Å². The molecule has 1 N–H and O–H groups in total. The molecule has 4 nitrogen and oxygen atoms in total. The molecule has 3 rings (SSSR count). The number of rotatable bonds is 6. The monoisotopic (exact) mass is 492 g/mol. The second-order valence-electron chi connectivity index (χ2n) is 7.30. The smallest absolute Gasteiger partial charge is 0.430 e. The maximum atomic E-state index is 13.1. The van der Waals surface area contributed by atoms with Crippen LogP contribution in [0.1, 0.15) is 23.9 Å². The second kappa shape index (κ2) is 8.90. The molecule has 0 atom stereocenters. The molecule has 0 fully saturated rings. The fourth-order valence-electron chi connectivity index (χ4n) is 3.29. The van der Waals surface area contributed by atoms with E-state index in [1.165, 1.54) is 0 Å². The SMILES string of the molecule is CCN(Cc1nc(-c2cccc(Cl)c2)oc1C)c1ccc(C(O)(C(F)(F)F)C(F)(F)F)cc1. The van der Waals surface area contributed by atoms with Gasteiger partial charge in [-0.2, -0.15) is 26.3 Å². The lowest BCUT2D eigenvalue weighted by Crippen LogP contribution is -2.53. The molecule has 178 valence electrons. The van der Waals surface area contributed by atoms with Crippen LogP contribution in [0.2, 0.25) is 5.02 Å². The molecule has 0 spiro atoms. The highest BCUT2D eigenvalue weighted by atomic mass is 35.5. The number of hydrogen-bond donors (Lipinski definition) is 1. The highest BCUT2D eigenvalue weighted by Crippen LogP contribution is 2.50. The second-order valence-corrected chi connectivity index (χ2v) is 7.74. The fourth-order valence-corrected chi connectivity index (χ4v) is 3.48. The van der Waals surface area contributed by atoms with Crippen LogP contribution in [0.15, 0.2) is 52.9 Å². The molecule has 0 aliphatic carbocycles. The van der Waals surface area contributed by atoms with Gasteiger partial charge in [-0.1, -0.05) is 29.8 Å². The highest BCUT2D eigenvalue weighted by Gasteiger charge is 2.71. The van der Waals surface area contributed by atoms with Gasteiger partial charge in [-0.3, -0.25) is 0 Å². The minimum Gasteiger partial charge on any atom is -0.441 e. The average molecular weight is 493 g/mol. The number of benzene rings is 2. The van der Waals surface area contributed by atoms with Crippen molar-refractivity contribution in [2.45, 2.75) is 38.3 Å². The van der Waals surface area contributed by atoms with Crippen LogP contribution in [0.3, 0.4) is 0 Å². The summed E-state index contributed by atoms with van der Waals surface area (Å²) >= 11 is 5.99. The Morgan fingerprint density at radius 3 is 2.12 bits per heavy atom. The molecule has 0 unspecified atom stereocenters. The van der Waals surface area contributed by atoms with Crippen LogP contribution >= 0.6 is 11.6 Å². The van der Waals surface area contributed by atoms with Crippen molar-refractivity contribution in [1.82, 2.24) is 4.98 Å².